The van der Waals surface area contributed by atoms with E-state index in [-0.39, 0.29) is 45.0 Å². The Labute approximate surface area is 421 Å². The summed E-state index contributed by atoms with van der Waals surface area (Å²) in [5, 5.41) is 12.9. The highest BCUT2D eigenvalue weighted by molar-refractivity contribution is 5.98. The van der Waals surface area contributed by atoms with Gasteiger partial charge in [-0.05, 0) is 158 Å². The summed E-state index contributed by atoms with van der Waals surface area (Å²) in [5.74, 6) is -4.79. The van der Waals surface area contributed by atoms with Crippen LogP contribution in [0.2, 0.25) is 0 Å². The molecule has 0 saturated heterocycles. The van der Waals surface area contributed by atoms with Gasteiger partial charge >= 0.3 is 0 Å². The van der Waals surface area contributed by atoms with E-state index in [0.29, 0.717) is 33.5 Å². The number of aromatic hydroxyl groups is 1. The number of aromatic nitrogens is 3. The van der Waals surface area contributed by atoms with E-state index in [1.54, 1.807) is 54.7 Å². The standard InChI is InChI=1S/C64H65N3O/c1-39(2)52-34-47(44-25-17-14-18-26-44)35-53(40(3)4)60(52)67-57-28-20-27-51(59(57)66-62(67)54-37-50(63(7,8)9)38-55(61(54)68)64(10,11)12)48-31-46(43-23-15-13-16-24-43)32-49(33-48)56-36-45(29-30-65-56)58-41(5)21-19-22-42(58)6/h13-40,68H,1-12H3/i1D3,2D3,3D3,4D3. The Morgan fingerprint density at radius 1 is 0.529 bits per heavy atom. The highest BCUT2D eigenvalue weighted by atomic mass is 16.3. The number of aryl methyl sites for hydroxylation is 2. The SMILES string of the molecule is [2H]C([2H])([2H])C(c1cc(-c2ccccc2)cc(C(C([2H])([2H])[2H])C([2H])([2H])[2H])c1-n1c(-c2cc(C(C)(C)C)cc(C(C)(C)C)c2O)nc2c(-c3cc(-c4ccccc4)cc(-c4cc(-c5c(C)cccc5C)ccn4)c3)cccc21)C([2H])([2H])[2H]. The molecule has 1 N–H and O–H groups in total. The van der Waals surface area contributed by atoms with Crippen LogP contribution in [0.5, 0.6) is 5.75 Å². The second-order valence-electron chi connectivity index (χ2n) is 20.0. The summed E-state index contributed by atoms with van der Waals surface area (Å²) in [6.07, 6.45) is 1.79. The molecular formula is C64H65N3O. The zero-order chi connectivity index (χ0) is 58.2. The zero-order valence-electron chi connectivity index (χ0n) is 52.0. The Balaban J connectivity index is 1.50. The van der Waals surface area contributed by atoms with Gasteiger partial charge in [0.15, 0.2) is 0 Å². The highest BCUT2D eigenvalue weighted by Crippen LogP contribution is 2.47. The Morgan fingerprint density at radius 3 is 1.69 bits per heavy atom. The zero-order valence-corrected chi connectivity index (χ0v) is 40.0. The van der Waals surface area contributed by atoms with Crippen molar-refractivity contribution in [2.45, 2.75) is 105 Å². The van der Waals surface area contributed by atoms with E-state index in [0.717, 1.165) is 44.5 Å². The lowest BCUT2D eigenvalue weighted by atomic mass is 9.78. The van der Waals surface area contributed by atoms with Gasteiger partial charge in [-0.3, -0.25) is 9.55 Å². The van der Waals surface area contributed by atoms with E-state index < -0.39 is 50.1 Å². The van der Waals surface area contributed by atoms with Gasteiger partial charge in [-0.15, -0.1) is 0 Å². The van der Waals surface area contributed by atoms with Crippen LogP contribution in [-0.4, -0.2) is 19.6 Å². The van der Waals surface area contributed by atoms with Gasteiger partial charge in [0, 0.05) is 39.3 Å². The molecule has 68 heavy (non-hydrogen) atoms. The number of hydrogen-bond acceptors (Lipinski definition) is 3. The van der Waals surface area contributed by atoms with Crippen molar-refractivity contribution in [3.05, 3.63) is 191 Å². The van der Waals surface area contributed by atoms with Crippen molar-refractivity contribution in [1.29, 1.82) is 0 Å². The first-order valence-electron chi connectivity index (χ1n) is 29.1. The van der Waals surface area contributed by atoms with Crippen LogP contribution >= 0.6 is 0 Å². The van der Waals surface area contributed by atoms with Gasteiger partial charge in [-0.2, -0.15) is 0 Å². The number of benzene rings is 7. The van der Waals surface area contributed by atoms with Crippen LogP contribution in [0.25, 0.3) is 83.9 Å². The monoisotopic (exact) mass is 904 g/mol. The summed E-state index contributed by atoms with van der Waals surface area (Å²) in [5.41, 5.74) is 9.27. The van der Waals surface area contributed by atoms with Crippen molar-refractivity contribution in [2.24, 2.45) is 0 Å². The van der Waals surface area contributed by atoms with E-state index >= 15 is 0 Å². The quantitative estimate of drug-likeness (QED) is 0.157. The van der Waals surface area contributed by atoms with E-state index in [4.69, 9.17) is 26.4 Å². The fourth-order valence-electron chi connectivity index (χ4n) is 9.47. The third-order valence-corrected chi connectivity index (χ3v) is 13.0. The molecule has 2 aromatic heterocycles. The van der Waals surface area contributed by atoms with Crippen LogP contribution in [0, 0.1) is 13.8 Å². The van der Waals surface area contributed by atoms with Gasteiger partial charge in [-0.1, -0.05) is 166 Å². The third-order valence-electron chi connectivity index (χ3n) is 13.0. The summed E-state index contributed by atoms with van der Waals surface area (Å²) in [6.45, 7) is 3.01. The van der Waals surface area contributed by atoms with Crippen LogP contribution in [0.15, 0.2) is 158 Å². The third kappa shape index (κ3) is 8.69. The number of hydrogen-bond donors (Lipinski definition) is 1. The predicted molar refractivity (Wildman–Crippen MR) is 288 cm³/mol. The molecule has 0 saturated carbocycles. The van der Waals surface area contributed by atoms with Crippen molar-refractivity contribution in [1.82, 2.24) is 14.5 Å². The van der Waals surface area contributed by atoms with Crippen molar-refractivity contribution >= 4 is 11.0 Å². The molecule has 2 heterocycles. The average molecular weight is 904 g/mol. The normalized spacial score (nSPS) is 15.5. The maximum Gasteiger partial charge on any atom is 0.149 e. The molecule has 4 nitrogen and oxygen atoms in total. The molecule has 0 aliphatic rings. The lowest BCUT2D eigenvalue weighted by Gasteiger charge is -2.28. The molecule has 0 spiro atoms. The number of phenolic OH excluding ortho intramolecular Hbond substituents is 1. The van der Waals surface area contributed by atoms with E-state index in [2.05, 4.69) is 38.1 Å². The van der Waals surface area contributed by atoms with Gasteiger partial charge in [-0.25, -0.2) is 4.98 Å². The second-order valence-corrected chi connectivity index (χ2v) is 20.0. The van der Waals surface area contributed by atoms with Gasteiger partial charge in [0.1, 0.15) is 11.6 Å². The molecule has 0 bridgehead atoms. The number of imidazole rings is 1. The minimum absolute atomic E-state index is 0.0106. The first-order chi connectivity index (χ1) is 37.2. The summed E-state index contributed by atoms with van der Waals surface area (Å²) in [6, 6.07) is 46.7. The van der Waals surface area contributed by atoms with Gasteiger partial charge in [0.05, 0.1) is 28.0 Å². The topological polar surface area (TPSA) is 50.9 Å². The summed E-state index contributed by atoms with van der Waals surface area (Å²) < 4.78 is 110. The van der Waals surface area contributed by atoms with E-state index in [1.165, 1.54) is 16.7 Å². The Morgan fingerprint density at radius 2 is 1.10 bits per heavy atom. The maximum atomic E-state index is 12.9. The molecule has 342 valence electrons. The van der Waals surface area contributed by atoms with E-state index in [9.17, 15) is 5.11 Å². The van der Waals surface area contributed by atoms with E-state index in [1.807, 2.05) is 108 Å². The molecule has 7 aromatic carbocycles. The van der Waals surface area contributed by atoms with Crippen LogP contribution < -0.4 is 0 Å². The maximum absolute atomic E-state index is 12.9. The summed E-state index contributed by atoms with van der Waals surface area (Å²) in [7, 11) is 0. The van der Waals surface area contributed by atoms with Crippen molar-refractivity contribution in [3.63, 3.8) is 0 Å². The molecule has 0 aliphatic carbocycles. The molecular weight excluding hydrogens is 827 g/mol. The molecule has 0 fully saturated rings. The highest BCUT2D eigenvalue weighted by Gasteiger charge is 2.31. The predicted octanol–water partition coefficient (Wildman–Crippen LogP) is 17.6. The molecule has 0 aliphatic heterocycles. The molecule has 0 amide bonds. The van der Waals surface area contributed by atoms with Crippen LogP contribution in [0.1, 0.15) is 131 Å². The summed E-state index contributed by atoms with van der Waals surface area (Å²) in [4.78, 5) is 10.4. The smallest absolute Gasteiger partial charge is 0.149 e. The Kier molecular flexibility index (Phi) is 8.79. The van der Waals surface area contributed by atoms with Crippen LogP contribution in [-0.2, 0) is 10.8 Å². The van der Waals surface area contributed by atoms with Gasteiger partial charge in [0.25, 0.3) is 0 Å². The largest absolute Gasteiger partial charge is 0.507 e. The van der Waals surface area contributed by atoms with Gasteiger partial charge < -0.3 is 5.11 Å². The summed E-state index contributed by atoms with van der Waals surface area (Å²) >= 11 is 0. The van der Waals surface area contributed by atoms with Crippen molar-refractivity contribution < 1.29 is 21.6 Å². The first-order valence-corrected chi connectivity index (χ1v) is 23.1. The molecule has 9 aromatic rings. The number of para-hydroxylation sites is 1. The number of fused-ring (bicyclic) bond motifs is 1. The molecule has 9 rings (SSSR count). The van der Waals surface area contributed by atoms with Crippen LogP contribution in [0.4, 0.5) is 0 Å². The molecule has 0 atom stereocenters. The minimum Gasteiger partial charge on any atom is -0.507 e. The number of pyridine rings is 1. The number of nitrogens with zero attached hydrogens (tertiary/aromatic N) is 3. The molecule has 0 unspecified atom stereocenters. The van der Waals surface area contributed by atoms with Crippen molar-refractivity contribution in [3.8, 4) is 78.6 Å². The van der Waals surface area contributed by atoms with Gasteiger partial charge in [0.2, 0.25) is 0 Å². The molecule has 0 radical (unpaired) electrons. The lowest BCUT2D eigenvalue weighted by molar-refractivity contribution is 0.446. The Bertz CT molecular complexity index is 3680. The van der Waals surface area contributed by atoms with Crippen molar-refractivity contribution in [2.75, 3.05) is 0 Å². The number of rotatable bonds is 9. The average Bonchev–Trinajstić information content (AvgIpc) is 3.84. The number of phenols is 1. The minimum atomic E-state index is -3.27. The van der Waals surface area contributed by atoms with Crippen LogP contribution in [0.3, 0.4) is 0 Å². The second kappa shape index (κ2) is 17.9. The fourth-order valence-corrected chi connectivity index (χ4v) is 9.47. The first kappa shape index (κ1) is 33.4. The molecule has 4 heteroatoms. The Hall–Kier alpha value is -7.04. The fraction of sp³-hybridized carbons (Fsp3) is 0.250. The lowest BCUT2D eigenvalue weighted by Crippen LogP contribution is -2.17.